The molecule has 0 unspecified atom stereocenters. The van der Waals surface area contributed by atoms with E-state index in [9.17, 15) is 14.4 Å². The largest absolute Gasteiger partial charge is 0.497 e. The standard InChI is InChI=1S/C20H22N4O5/c1-11-6-12(2)21-18-17(11)19(26)24(20(27)23(18)3)10-16(25)22-13-7-14(28-4)9-15(8-13)29-5/h6-9H,10H2,1-5H3,(H,22,25). The number of fused-ring (bicyclic) bond motifs is 1. The van der Waals surface area contributed by atoms with Gasteiger partial charge in [-0.1, -0.05) is 0 Å². The number of carbonyl (C=O) groups is 1. The van der Waals surface area contributed by atoms with Gasteiger partial charge in [0.2, 0.25) is 5.91 Å². The number of nitrogens with zero attached hydrogens (tertiary/aromatic N) is 3. The van der Waals surface area contributed by atoms with Crippen LogP contribution in [0.15, 0.2) is 33.9 Å². The molecule has 29 heavy (non-hydrogen) atoms. The quantitative estimate of drug-likeness (QED) is 0.696. The van der Waals surface area contributed by atoms with Gasteiger partial charge in [0.25, 0.3) is 5.56 Å². The highest BCUT2D eigenvalue weighted by atomic mass is 16.5. The van der Waals surface area contributed by atoms with Crippen LogP contribution in [-0.4, -0.2) is 34.2 Å². The molecule has 1 aromatic carbocycles. The van der Waals surface area contributed by atoms with E-state index < -0.39 is 23.7 Å². The smallest absolute Gasteiger partial charge is 0.332 e. The minimum absolute atomic E-state index is 0.298. The second-order valence-corrected chi connectivity index (χ2v) is 6.66. The molecule has 0 fully saturated rings. The first kappa shape index (κ1) is 20.1. The molecule has 0 aliphatic carbocycles. The minimum Gasteiger partial charge on any atom is -0.497 e. The molecule has 0 aliphatic rings. The van der Waals surface area contributed by atoms with Crippen molar-refractivity contribution >= 4 is 22.6 Å². The Morgan fingerprint density at radius 1 is 1.07 bits per heavy atom. The highest BCUT2D eigenvalue weighted by Crippen LogP contribution is 2.25. The lowest BCUT2D eigenvalue weighted by Crippen LogP contribution is -2.42. The molecular formula is C20H22N4O5. The average Bonchev–Trinajstić information content (AvgIpc) is 2.68. The number of methoxy groups -OCH3 is 2. The summed E-state index contributed by atoms with van der Waals surface area (Å²) >= 11 is 0. The van der Waals surface area contributed by atoms with Crippen molar-refractivity contribution in [3.63, 3.8) is 0 Å². The molecule has 0 atom stereocenters. The zero-order valence-corrected chi connectivity index (χ0v) is 16.9. The Morgan fingerprint density at radius 2 is 1.69 bits per heavy atom. The lowest BCUT2D eigenvalue weighted by molar-refractivity contribution is -0.116. The van der Waals surface area contributed by atoms with E-state index >= 15 is 0 Å². The van der Waals surface area contributed by atoms with Gasteiger partial charge in [-0.15, -0.1) is 0 Å². The van der Waals surface area contributed by atoms with Crippen LogP contribution in [0.4, 0.5) is 5.69 Å². The summed E-state index contributed by atoms with van der Waals surface area (Å²) in [6.07, 6.45) is 0. The van der Waals surface area contributed by atoms with Crippen LogP contribution in [0.5, 0.6) is 11.5 Å². The Hall–Kier alpha value is -3.62. The van der Waals surface area contributed by atoms with E-state index in [0.29, 0.717) is 39.5 Å². The van der Waals surface area contributed by atoms with Crippen LogP contribution in [0.3, 0.4) is 0 Å². The van der Waals surface area contributed by atoms with Crippen molar-refractivity contribution in [3.05, 3.63) is 56.4 Å². The van der Waals surface area contributed by atoms with Gasteiger partial charge in [0.05, 0.1) is 19.6 Å². The van der Waals surface area contributed by atoms with Crippen LogP contribution in [-0.2, 0) is 18.4 Å². The number of aryl methyl sites for hydroxylation is 3. The second-order valence-electron chi connectivity index (χ2n) is 6.66. The maximum atomic E-state index is 12.9. The molecule has 0 bridgehead atoms. The molecule has 2 heterocycles. The summed E-state index contributed by atoms with van der Waals surface area (Å²) in [5.74, 6) is 0.461. The normalized spacial score (nSPS) is 10.8. The summed E-state index contributed by atoms with van der Waals surface area (Å²) in [6.45, 7) is 3.13. The number of hydrogen-bond acceptors (Lipinski definition) is 6. The number of anilines is 1. The van der Waals surface area contributed by atoms with E-state index in [1.165, 1.54) is 25.8 Å². The topological polar surface area (TPSA) is 104 Å². The summed E-state index contributed by atoms with van der Waals surface area (Å²) in [5, 5.41) is 2.98. The van der Waals surface area contributed by atoms with E-state index in [1.807, 2.05) is 0 Å². The predicted molar refractivity (Wildman–Crippen MR) is 109 cm³/mol. The number of carbonyl (C=O) groups excluding carboxylic acids is 1. The number of hydrogen-bond donors (Lipinski definition) is 1. The van der Waals surface area contributed by atoms with Crippen molar-refractivity contribution in [2.75, 3.05) is 19.5 Å². The minimum atomic E-state index is -0.613. The van der Waals surface area contributed by atoms with E-state index in [0.717, 1.165) is 4.57 Å². The number of rotatable bonds is 5. The average molecular weight is 398 g/mol. The predicted octanol–water partition coefficient (Wildman–Crippen LogP) is 1.37. The highest BCUT2D eigenvalue weighted by molar-refractivity contribution is 5.91. The fourth-order valence-electron chi connectivity index (χ4n) is 3.18. The van der Waals surface area contributed by atoms with Crippen molar-refractivity contribution in [2.24, 2.45) is 7.05 Å². The Kier molecular flexibility index (Phi) is 5.40. The van der Waals surface area contributed by atoms with E-state index in [-0.39, 0.29) is 0 Å². The van der Waals surface area contributed by atoms with Gasteiger partial charge in [0, 0.05) is 36.6 Å². The molecule has 1 N–H and O–H groups in total. The van der Waals surface area contributed by atoms with Gasteiger partial charge in [-0.2, -0.15) is 0 Å². The summed E-state index contributed by atoms with van der Waals surface area (Å²) in [5.41, 5.74) is 0.952. The molecular weight excluding hydrogens is 376 g/mol. The van der Waals surface area contributed by atoms with Crippen LogP contribution in [0, 0.1) is 13.8 Å². The molecule has 0 saturated heterocycles. The van der Waals surface area contributed by atoms with Crippen molar-refractivity contribution in [1.29, 1.82) is 0 Å². The van der Waals surface area contributed by atoms with Crippen LogP contribution in [0.1, 0.15) is 11.3 Å². The van der Waals surface area contributed by atoms with Gasteiger partial charge >= 0.3 is 5.69 Å². The zero-order chi connectivity index (χ0) is 21.3. The third-order valence-electron chi connectivity index (χ3n) is 4.56. The lowest BCUT2D eigenvalue weighted by Gasteiger charge is -2.13. The molecule has 1 amide bonds. The first-order valence-corrected chi connectivity index (χ1v) is 8.86. The van der Waals surface area contributed by atoms with E-state index in [2.05, 4.69) is 10.3 Å². The Morgan fingerprint density at radius 3 is 2.28 bits per heavy atom. The summed E-state index contributed by atoms with van der Waals surface area (Å²) < 4.78 is 12.5. The maximum Gasteiger partial charge on any atom is 0.332 e. The second kappa shape index (κ2) is 7.78. The van der Waals surface area contributed by atoms with Crippen molar-refractivity contribution in [1.82, 2.24) is 14.1 Å². The van der Waals surface area contributed by atoms with Crippen molar-refractivity contribution in [3.8, 4) is 11.5 Å². The number of amides is 1. The highest BCUT2D eigenvalue weighted by Gasteiger charge is 2.17. The Bertz CT molecular complexity index is 1200. The Labute approximate surface area is 166 Å². The lowest BCUT2D eigenvalue weighted by atomic mass is 10.2. The Balaban J connectivity index is 2.00. The molecule has 0 spiro atoms. The summed E-state index contributed by atoms with van der Waals surface area (Å²) in [7, 11) is 4.52. The van der Waals surface area contributed by atoms with Crippen LogP contribution >= 0.6 is 0 Å². The molecule has 0 saturated carbocycles. The van der Waals surface area contributed by atoms with Gasteiger partial charge in [-0.25, -0.2) is 9.78 Å². The molecule has 152 valence electrons. The first-order valence-electron chi connectivity index (χ1n) is 8.86. The molecule has 9 nitrogen and oxygen atoms in total. The van der Waals surface area contributed by atoms with Crippen LogP contribution in [0.2, 0.25) is 0 Å². The first-order chi connectivity index (χ1) is 13.7. The molecule has 0 aliphatic heterocycles. The van der Waals surface area contributed by atoms with Gasteiger partial charge < -0.3 is 14.8 Å². The van der Waals surface area contributed by atoms with Gasteiger partial charge in [0.15, 0.2) is 0 Å². The number of ether oxygens (including phenoxy) is 2. The molecule has 9 heteroatoms. The fourth-order valence-corrected chi connectivity index (χ4v) is 3.18. The summed E-state index contributed by atoms with van der Waals surface area (Å²) in [6, 6.07) is 6.65. The third-order valence-corrected chi connectivity index (χ3v) is 4.56. The van der Waals surface area contributed by atoms with Gasteiger partial charge in [0.1, 0.15) is 23.7 Å². The maximum absolute atomic E-state index is 12.9. The summed E-state index contributed by atoms with van der Waals surface area (Å²) in [4.78, 5) is 42.5. The monoisotopic (exact) mass is 398 g/mol. The number of aromatic nitrogens is 3. The molecule has 3 rings (SSSR count). The van der Waals surface area contributed by atoms with Crippen molar-refractivity contribution < 1.29 is 14.3 Å². The fraction of sp³-hybridized carbons (Fsp3) is 0.300. The molecule has 3 aromatic rings. The zero-order valence-electron chi connectivity index (χ0n) is 16.9. The SMILES string of the molecule is COc1cc(NC(=O)Cn2c(=O)c3c(C)cc(C)nc3n(C)c2=O)cc(OC)c1. The van der Waals surface area contributed by atoms with Crippen LogP contribution in [0.25, 0.3) is 11.0 Å². The third kappa shape index (κ3) is 3.84. The van der Waals surface area contributed by atoms with Crippen LogP contribution < -0.4 is 26.0 Å². The number of pyridine rings is 1. The van der Waals surface area contributed by atoms with Gasteiger partial charge in [-0.05, 0) is 25.5 Å². The number of nitrogens with one attached hydrogen (secondary N) is 1. The van der Waals surface area contributed by atoms with E-state index in [4.69, 9.17) is 9.47 Å². The van der Waals surface area contributed by atoms with Crippen molar-refractivity contribution in [2.45, 2.75) is 20.4 Å². The molecule has 0 radical (unpaired) electrons. The van der Waals surface area contributed by atoms with Gasteiger partial charge in [-0.3, -0.25) is 18.7 Å². The number of benzene rings is 1. The molecule has 2 aromatic heterocycles. The van der Waals surface area contributed by atoms with E-state index in [1.54, 1.807) is 38.1 Å².